The molecule has 29 heavy (non-hydrogen) atoms. The molecule has 0 bridgehead atoms. The first kappa shape index (κ1) is 19.9. The van der Waals surface area contributed by atoms with Crippen LogP contribution in [0.25, 0.3) is 11.5 Å². The van der Waals surface area contributed by atoms with E-state index in [0.29, 0.717) is 23.5 Å². The van der Waals surface area contributed by atoms with Crippen molar-refractivity contribution >= 4 is 6.03 Å². The van der Waals surface area contributed by atoms with E-state index in [9.17, 15) is 4.79 Å². The highest BCUT2D eigenvalue weighted by Gasteiger charge is 2.30. The summed E-state index contributed by atoms with van der Waals surface area (Å²) in [6.45, 7) is 6.05. The van der Waals surface area contributed by atoms with Crippen molar-refractivity contribution in [1.82, 2.24) is 25.3 Å². The van der Waals surface area contributed by atoms with Gasteiger partial charge < -0.3 is 14.7 Å². The van der Waals surface area contributed by atoms with Crippen LogP contribution in [0.15, 0.2) is 28.9 Å². The number of piperidine rings is 1. The van der Waals surface area contributed by atoms with E-state index >= 15 is 0 Å². The molecule has 7 heteroatoms. The minimum atomic E-state index is 0.0798. The predicted molar refractivity (Wildman–Crippen MR) is 110 cm³/mol. The van der Waals surface area contributed by atoms with Crippen LogP contribution in [0.4, 0.5) is 4.79 Å². The van der Waals surface area contributed by atoms with E-state index in [2.05, 4.69) is 34.3 Å². The summed E-state index contributed by atoms with van der Waals surface area (Å²) in [4.78, 5) is 23.4. The van der Waals surface area contributed by atoms with Crippen molar-refractivity contribution in [3.8, 4) is 11.5 Å². The summed E-state index contributed by atoms with van der Waals surface area (Å²) >= 11 is 0. The number of urea groups is 1. The fraction of sp³-hybridized carbons (Fsp3) is 0.636. The monoisotopic (exact) mass is 397 g/mol. The third kappa shape index (κ3) is 4.77. The summed E-state index contributed by atoms with van der Waals surface area (Å²) < 4.78 is 5.48. The van der Waals surface area contributed by atoms with E-state index in [1.54, 1.807) is 6.20 Å². The molecule has 1 saturated carbocycles. The second kappa shape index (κ2) is 8.93. The Morgan fingerprint density at radius 2 is 1.90 bits per heavy atom. The summed E-state index contributed by atoms with van der Waals surface area (Å²) in [6.07, 6.45) is 8.06. The van der Waals surface area contributed by atoms with E-state index in [-0.39, 0.29) is 11.9 Å². The van der Waals surface area contributed by atoms with Crippen molar-refractivity contribution in [2.45, 2.75) is 64.3 Å². The van der Waals surface area contributed by atoms with Crippen molar-refractivity contribution in [2.24, 2.45) is 11.8 Å². The summed E-state index contributed by atoms with van der Waals surface area (Å²) in [5, 5.41) is 7.33. The van der Waals surface area contributed by atoms with Crippen molar-refractivity contribution in [2.75, 3.05) is 13.1 Å². The van der Waals surface area contributed by atoms with Crippen LogP contribution in [-0.2, 0) is 0 Å². The maximum atomic E-state index is 12.7. The molecular formula is C22H31N5O2. The number of carbonyl (C=O) groups excluding carboxylic acids is 1. The predicted octanol–water partition coefficient (Wildman–Crippen LogP) is 4.24. The van der Waals surface area contributed by atoms with Gasteiger partial charge in [0.05, 0.1) is 0 Å². The number of likely N-dealkylation sites (tertiary alicyclic amines) is 1. The maximum absolute atomic E-state index is 12.7. The summed E-state index contributed by atoms with van der Waals surface area (Å²) in [6, 6.07) is 6.05. The van der Waals surface area contributed by atoms with Gasteiger partial charge in [-0.2, -0.15) is 4.98 Å². The lowest BCUT2D eigenvalue weighted by atomic mass is 9.80. The Balaban J connectivity index is 1.25. The Hall–Kier alpha value is -2.44. The minimum Gasteiger partial charge on any atom is -0.339 e. The molecule has 3 heterocycles. The van der Waals surface area contributed by atoms with Gasteiger partial charge in [0.1, 0.15) is 5.69 Å². The lowest BCUT2D eigenvalue weighted by Gasteiger charge is -2.35. The van der Waals surface area contributed by atoms with E-state index in [1.165, 1.54) is 12.8 Å². The van der Waals surface area contributed by atoms with Gasteiger partial charge in [-0.15, -0.1) is 0 Å². The van der Waals surface area contributed by atoms with E-state index in [4.69, 9.17) is 4.52 Å². The Morgan fingerprint density at radius 3 is 2.55 bits per heavy atom. The standard InChI is InChI=1S/C22H31N5O2/c1-15(2)16-6-8-18(9-7-16)24-22(28)27-13-10-17(11-14-27)21-25-20(26-29-21)19-5-3-4-12-23-19/h3-5,12,15-18H,6-11,13-14H2,1-2H3,(H,24,28). The molecule has 7 nitrogen and oxygen atoms in total. The molecule has 1 N–H and O–H groups in total. The Kier molecular flexibility index (Phi) is 6.11. The topological polar surface area (TPSA) is 84.2 Å². The first-order chi connectivity index (χ1) is 14.1. The molecule has 0 radical (unpaired) electrons. The lowest BCUT2D eigenvalue weighted by Crippen LogP contribution is -2.48. The van der Waals surface area contributed by atoms with Gasteiger partial charge in [0, 0.05) is 31.2 Å². The minimum absolute atomic E-state index is 0.0798. The zero-order chi connectivity index (χ0) is 20.2. The van der Waals surface area contributed by atoms with E-state index < -0.39 is 0 Å². The Labute approximate surface area is 172 Å². The second-order valence-electron chi connectivity index (χ2n) is 8.74. The number of hydrogen-bond donors (Lipinski definition) is 1. The van der Waals surface area contributed by atoms with Crippen LogP contribution in [-0.4, -0.2) is 45.2 Å². The largest absolute Gasteiger partial charge is 0.339 e. The van der Waals surface area contributed by atoms with Crippen LogP contribution >= 0.6 is 0 Å². The Bertz CT molecular complexity index is 791. The zero-order valence-electron chi connectivity index (χ0n) is 17.4. The number of pyridine rings is 1. The highest BCUT2D eigenvalue weighted by Crippen LogP contribution is 2.31. The number of carbonyl (C=O) groups is 1. The van der Waals surface area contributed by atoms with Crippen LogP contribution < -0.4 is 5.32 Å². The second-order valence-corrected chi connectivity index (χ2v) is 8.74. The van der Waals surface area contributed by atoms with Gasteiger partial charge in [-0.3, -0.25) is 4.98 Å². The van der Waals surface area contributed by atoms with Crippen molar-refractivity contribution in [3.63, 3.8) is 0 Å². The average molecular weight is 398 g/mol. The van der Waals surface area contributed by atoms with Gasteiger partial charge in [0.2, 0.25) is 11.7 Å². The van der Waals surface area contributed by atoms with Crippen molar-refractivity contribution < 1.29 is 9.32 Å². The van der Waals surface area contributed by atoms with Crippen LogP contribution in [0.3, 0.4) is 0 Å². The number of hydrogen-bond acceptors (Lipinski definition) is 5. The molecule has 1 saturated heterocycles. The van der Waals surface area contributed by atoms with Gasteiger partial charge in [-0.1, -0.05) is 25.1 Å². The third-order valence-corrected chi connectivity index (χ3v) is 6.51. The zero-order valence-corrected chi connectivity index (χ0v) is 17.4. The van der Waals surface area contributed by atoms with E-state index in [1.807, 2.05) is 23.1 Å². The highest BCUT2D eigenvalue weighted by molar-refractivity contribution is 5.74. The molecule has 2 fully saturated rings. The molecule has 0 unspecified atom stereocenters. The molecule has 2 amide bonds. The molecule has 2 aromatic rings. The smallest absolute Gasteiger partial charge is 0.317 e. The quantitative estimate of drug-likeness (QED) is 0.834. The molecule has 2 aliphatic rings. The van der Waals surface area contributed by atoms with Gasteiger partial charge in [0.25, 0.3) is 0 Å². The molecule has 1 aliphatic carbocycles. The van der Waals surface area contributed by atoms with Gasteiger partial charge >= 0.3 is 6.03 Å². The van der Waals surface area contributed by atoms with Crippen LogP contribution in [0, 0.1) is 11.8 Å². The molecule has 2 aromatic heterocycles. The molecule has 4 rings (SSSR count). The number of nitrogens with one attached hydrogen (secondary N) is 1. The summed E-state index contributed by atoms with van der Waals surface area (Å²) in [5.41, 5.74) is 0.714. The third-order valence-electron chi connectivity index (χ3n) is 6.51. The van der Waals surface area contributed by atoms with Crippen LogP contribution in [0.2, 0.25) is 0 Å². The highest BCUT2D eigenvalue weighted by atomic mass is 16.5. The summed E-state index contributed by atoms with van der Waals surface area (Å²) in [7, 11) is 0. The molecule has 0 spiro atoms. The molecule has 1 aliphatic heterocycles. The molecule has 0 atom stereocenters. The lowest BCUT2D eigenvalue weighted by molar-refractivity contribution is 0.164. The first-order valence-corrected chi connectivity index (χ1v) is 10.9. The first-order valence-electron chi connectivity index (χ1n) is 10.9. The fourth-order valence-electron chi connectivity index (χ4n) is 4.53. The molecule has 156 valence electrons. The van der Waals surface area contributed by atoms with Gasteiger partial charge in [0.15, 0.2) is 0 Å². The van der Waals surface area contributed by atoms with Crippen molar-refractivity contribution in [3.05, 3.63) is 30.3 Å². The van der Waals surface area contributed by atoms with Gasteiger partial charge in [-0.05, 0) is 62.5 Å². The van der Waals surface area contributed by atoms with Crippen molar-refractivity contribution in [1.29, 1.82) is 0 Å². The summed E-state index contributed by atoms with van der Waals surface area (Å²) in [5.74, 6) is 2.93. The number of rotatable bonds is 4. The van der Waals surface area contributed by atoms with E-state index in [0.717, 1.165) is 50.6 Å². The number of nitrogens with zero attached hydrogens (tertiary/aromatic N) is 4. The number of aromatic nitrogens is 3. The number of amides is 2. The maximum Gasteiger partial charge on any atom is 0.317 e. The SMILES string of the molecule is CC(C)C1CCC(NC(=O)N2CCC(c3nc(-c4ccccn4)no3)CC2)CC1. The Morgan fingerprint density at radius 1 is 1.14 bits per heavy atom. The van der Waals surface area contributed by atoms with Crippen LogP contribution in [0.5, 0.6) is 0 Å². The van der Waals surface area contributed by atoms with Crippen LogP contribution in [0.1, 0.15) is 64.2 Å². The molecule has 0 aromatic carbocycles. The van der Waals surface area contributed by atoms with Gasteiger partial charge in [-0.25, -0.2) is 4.79 Å². The normalized spacial score (nSPS) is 23.3. The average Bonchev–Trinajstić information content (AvgIpc) is 3.25. The fourth-order valence-corrected chi connectivity index (χ4v) is 4.53. The molecular weight excluding hydrogens is 366 g/mol.